The summed E-state index contributed by atoms with van der Waals surface area (Å²) in [4.78, 5) is 23.5. The van der Waals surface area contributed by atoms with E-state index >= 15 is 0 Å². The number of hydrogen-bond acceptors (Lipinski definition) is 4. The number of alkyl halides is 1. The lowest BCUT2D eigenvalue weighted by Crippen LogP contribution is -2.17. The van der Waals surface area contributed by atoms with Crippen LogP contribution >= 0.6 is 22.9 Å². The molecule has 0 saturated carbocycles. The molecule has 0 spiro atoms. The van der Waals surface area contributed by atoms with Gasteiger partial charge in [-0.15, -0.1) is 22.9 Å². The first-order valence-corrected chi connectivity index (χ1v) is 7.12. The minimum Gasteiger partial charge on any atom is -0.397 e. The zero-order valence-electron chi connectivity index (χ0n) is 10.4. The molecule has 2 rings (SSSR count). The van der Waals surface area contributed by atoms with Crippen LogP contribution in [0.15, 0.2) is 35.7 Å². The van der Waals surface area contributed by atoms with Crippen molar-refractivity contribution in [3.8, 4) is 0 Å². The van der Waals surface area contributed by atoms with Crippen molar-refractivity contribution in [2.45, 2.75) is 0 Å². The molecule has 104 valence electrons. The summed E-state index contributed by atoms with van der Waals surface area (Å²) in [6, 6.07) is 8.58. The van der Waals surface area contributed by atoms with Gasteiger partial charge in [-0.1, -0.05) is 12.1 Å². The lowest BCUT2D eigenvalue weighted by molar-refractivity contribution is -0.113. The lowest BCUT2D eigenvalue weighted by atomic mass is 10.2. The van der Waals surface area contributed by atoms with Gasteiger partial charge in [0.25, 0.3) is 5.91 Å². The molecular formula is C13H12ClN3O2S. The first-order chi connectivity index (χ1) is 9.61. The maximum absolute atomic E-state index is 12.2. The van der Waals surface area contributed by atoms with Crippen molar-refractivity contribution in [1.29, 1.82) is 0 Å². The van der Waals surface area contributed by atoms with E-state index in [9.17, 15) is 9.59 Å². The molecule has 7 heteroatoms. The molecule has 0 aliphatic rings. The Labute approximate surface area is 124 Å². The summed E-state index contributed by atoms with van der Waals surface area (Å²) in [5, 5.41) is 7.46. The second kappa shape index (κ2) is 6.40. The average Bonchev–Trinajstić information content (AvgIpc) is 2.89. The van der Waals surface area contributed by atoms with Crippen LogP contribution < -0.4 is 16.4 Å². The third-order valence-electron chi connectivity index (χ3n) is 2.49. The summed E-state index contributed by atoms with van der Waals surface area (Å²) in [7, 11) is 0. The van der Waals surface area contributed by atoms with Crippen LogP contribution in [0.25, 0.3) is 0 Å². The molecule has 5 nitrogen and oxygen atoms in total. The van der Waals surface area contributed by atoms with E-state index in [0.717, 1.165) is 0 Å². The zero-order chi connectivity index (χ0) is 14.5. The average molecular weight is 310 g/mol. The second-order valence-electron chi connectivity index (χ2n) is 3.89. The highest BCUT2D eigenvalue weighted by Crippen LogP contribution is 2.25. The fourth-order valence-electron chi connectivity index (χ4n) is 1.55. The van der Waals surface area contributed by atoms with Crippen LogP contribution in [-0.4, -0.2) is 17.7 Å². The van der Waals surface area contributed by atoms with Gasteiger partial charge >= 0.3 is 0 Å². The predicted octanol–water partition coefficient (Wildman–Crippen LogP) is 2.76. The summed E-state index contributed by atoms with van der Waals surface area (Å²) in [5.74, 6) is -0.860. The minimum absolute atomic E-state index is 0.162. The summed E-state index contributed by atoms with van der Waals surface area (Å²) < 4.78 is 0. The maximum Gasteiger partial charge on any atom is 0.258 e. The van der Waals surface area contributed by atoms with E-state index in [4.69, 9.17) is 17.3 Å². The molecule has 0 aliphatic heterocycles. The Morgan fingerprint density at radius 3 is 2.65 bits per heavy atom. The topological polar surface area (TPSA) is 84.2 Å². The van der Waals surface area contributed by atoms with Crippen LogP contribution in [0, 0.1) is 0 Å². The SMILES string of the molecule is Nc1ccccc1NC(=O)c1ccsc1NC(=O)CCl. The highest BCUT2D eigenvalue weighted by molar-refractivity contribution is 7.14. The Morgan fingerprint density at radius 1 is 1.20 bits per heavy atom. The molecule has 0 unspecified atom stereocenters. The molecule has 0 bridgehead atoms. The molecule has 2 amide bonds. The Balaban J connectivity index is 2.16. The van der Waals surface area contributed by atoms with Gasteiger partial charge in [0.05, 0.1) is 16.9 Å². The van der Waals surface area contributed by atoms with E-state index < -0.39 is 0 Å². The maximum atomic E-state index is 12.2. The van der Waals surface area contributed by atoms with Gasteiger partial charge in [-0.2, -0.15) is 0 Å². The smallest absolute Gasteiger partial charge is 0.258 e. The number of anilines is 3. The first-order valence-electron chi connectivity index (χ1n) is 5.71. The quantitative estimate of drug-likeness (QED) is 0.600. The van der Waals surface area contributed by atoms with Gasteiger partial charge in [-0.25, -0.2) is 0 Å². The van der Waals surface area contributed by atoms with Crippen LogP contribution in [0.2, 0.25) is 0 Å². The minimum atomic E-state index is -0.359. The highest BCUT2D eigenvalue weighted by atomic mass is 35.5. The van der Waals surface area contributed by atoms with Crippen molar-refractivity contribution in [3.63, 3.8) is 0 Å². The Morgan fingerprint density at radius 2 is 1.95 bits per heavy atom. The summed E-state index contributed by atoms with van der Waals surface area (Å²) in [6.07, 6.45) is 0. The molecule has 1 aromatic carbocycles. The number of para-hydroxylation sites is 2. The molecule has 4 N–H and O–H groups in total. The van der Waals surface area contributed by atoms with Crippen LogP contribution in [0.5, 0.6) is 0 Å². The van der Waals surface area contributed by atoms with Crippen LogP contribution in [0.3, 0.4) is 0 Å². The number of nitrogen functional groups attached to an aromatic ring is 1. The molecule has 20 heavy (non-hydrogen) atoms. The van der Waals surface area contributed by atoms with Crippen LogP contribution in [-0.2, 0) is 4.79 Å². The fourth-order valence-corrected chi connectivity index (χ4v) is 2.41. The van der Waals surface area contributed by atoms with Crippen molar-refractivity contribution in [3.05, 3.63) is 41.3 Å². The van der Waals surface area contributed by atoms with Gasteiger partial charge in [-0.3, -0.25) is 9.59 Å². The second-order valence-corrected chi connectivity index (χ2v) is 5.07. The van der Waals surface area contributed by atoms with E-state index in [2.05, 4.69) is 10.6 Å². The zero-order valence-corrected chi connectivity index (χ0v) is 11.9. The lowest BCUT2D eigenvalue weighted by Gasteiger charge is -2.08. The molecule has 0 aliphatic carbocycles. The van der Waals surface area contributed by atoms with E-state index in [-0.39, 0.29) is 17.7 Å². The number of halogens is 1. The largest absolute Gasteiger partial charge is 0.397 e. The number of amides is 2. The molecule has 2 aromatic rings. The van der Waals surface area contributed by atoms with E-state index in [1.807, 2.05) is 0 Å². The molecule has 0 saturated heterocycles. The van der Waals surface area contributed by atoms with Crippen molar-refractivity contribution in [1.82, 2.24) is 0 Å². The third-order valence-corrected chi connectivity index (χ3v) is 3.57. The number of nitrogens with one attached hydrogen (secondary N) is 2. The first kappa shape index (κ1) is 14.4. The summed E-state index contributed by atoms with van der Waals surface area (Å²) in [5.41, 5.74) is 7.14. The molecule has 0 atom stereocenters. The number of carbonyl (C=O) groups excluding carboxylic acids is 2. The van der Waals surface area contributed by atoms with Crippen molar-refractivity contribution in [2.75, 3.05) is 22.2 Å². The molecule has 1 aromatic heterocycles. The number of rotatable bonds is 4. The molecule has 0 fully saturated rings. The van der Waals surface area contributed by atoms with Gasteiger partial charge in [0.1, 0.15) is 10.9 Å². The van der Waals surface area contributed by atoms with E-state index in [0.29, 0.717) is 21.9 Å². The molecule has 0 radical (unpaired) electrons. The summed E-state index contributed by atoms with van der Waals surface area (Å²) >= 11 is 6.68. The van der Waals surface area contributed by atoms with Gasteiger partial charge in [-0.05, 0) is 23.6 Å². The predicted molar refractivity (Wildman–Crippen MR) is 82.5 cm³/mol. The Kier molecular flexibility index (Phi) is 4.60. The highest BCUT2D eigenvalue weighted by Gasteiger charge is 2.15. The molecular weight excluding hydrogens is 298 g/mol. The van der Waals surface area contributed by atoms with Gasteiger partial charge in [0.15, 0.2) is 0 Å². The Bertz CT molecular complexity index is 642. The fraction of sp³-hybridized carbons (Fsp3) is 0.0769. The van der Waals surface area contributed by atoms with E-state index in [1.54, 1.807) is 35.7 Å². The van der Waals surface area contributed by atoms with Crippen LogP contribution in [0.4, 0.5) is 16.4 Å². The third kappa shape index (κ3) is 3.28. The number of carbonyl (C=O) groups is 2. The van der Waals surface area contributed by atoms with Crippen molar-refractivity contribution >= 4 is 51.1 Å². The van der Waals surface area contributed by atoms with Gasteiger partial charge < -0.3 is 16.4 Å². The summed E-state index contributed by atoms with van der Waals surface area (Å²) in [6.45, 7) is 0. The molecule has 1 heterocycles. The van der Waals surface area contributed by atoms with Gasteiger partial charge in [0.2, 0.25) is 5.91 Å². The van der Waals surface area contributed by atoms with Crippen molar-refractivity contribution < 1.29 is 9.59 Å². The van der Waals surface area contributed by atoms with Crippen LogP contribution in [0.1, 0.15) is 10.4 Å². The Hall–Kier alpha value is -2.05. The number of hydrogen-bond donors (Lipinski definition) is 3. The standard InChI is InChI=1S/C13H12ClN3O2S/c14-7-11(18)17-13-8(5-6-20-13)12(19)16-10-4-2-1-3-9(10)15/h1-6H,7,15H2,(H,16,19)(H,17,18). The monoisotopic (exact) mass is 309 g/mol. The van der Waals surface area contributed by atoms with Gasteiger partial charge in [0, 0.05) is 0 Å². The normalized spacial score (nSPS) is 10.1. The number of benzene rings is 1. The number of thiophene rings is 1. The van der Waals surface area contributed by atoms with E-state index in [1.165, 1.54) is 11.3 Å². The van der Waals surface area contributed by atoms with Crippen molar-refractivity contribution in [2.24, 2.45) is 0 Å². The number of nitrogens with two attached hydrogens (primary N) is 1.